The van der Waals surface area contributed by atoms with Crippen LogP contribution in [0.2, 0.25) is 5.02 Å². The lowest BCUT2D eigenvalue weighted by Crippen LogP contribution is -2.45. The standard InChI is InChI=1S/C18H26ClN3O3/c1-3-4-5-8-11-20-15(23)12-21-17(24)18(25-2)16(22-18)13-9-6-7-10-14(13)19/h6-7,9-10,16,22H,3-5,8,11-12H2,1-2H3,(H,20,23)(H,21,24)/t16-,18+/m0/s1. The summed E-state index contributed by atoms with van der Waals surface area (Å²) in [5.41, 5.74) is -0.381. The molecule has 1 aromatic rings. The summed E-state index contributed by atoms with van der Waals surface area (Å²) in [7, 11) is 1.46. The van der Waals surface area contributed by atoms with Crippen LogP contribution in [0.25, 0.3) is 0 Å². The normalized spacial score (nSPS) is 21.6. The largest absolute Gasteiger partial charge is 0.355 e. The third-order valence-corrected chi connectivity index (χ3v) is 4.66. The maximum atomic E-state index is 12.5. The highest BCUT2D eigenvalue weighted by atomic mass is 35.5. The molecule has 0 saturated carbocycles. The second-order valence-electron chi connectivity index (χ2n) is 6.13. The molecule has 0 radical (unpaired) electrons. The van der Waals surface area contributed by atoms with Crippen molar-refractivity contribution in [2.45, 2.75) is 44.4 Å². The maximum Gasteiger partial charge on any atom is 0.270 e. The van der Waals surface area contributed by atoms with Crippen molar-refractivity contribution in [1.29, 1.82) is 0 Å². The number of benzene rings is 1. The van der Waals surface area contributed by atoms with Crippen molar-refractivity contribution >= 4 is 23.4 Å². The molecule has 2 atom stereocenters. The first-order valence-electron chi connectivity index (χ1n) is 8.67. The van der Waals surface area contributed by atoms with E-state index in [1.807, 2.05) is 18.2 Å². The predicted octanol–water partition coefficient (Wildman–Crippen LogP) is 2.14. The van der Waals surface area contributed by atoms with Crippen molar-refractivity contribution in [3.63, 3.8) is 0 Å². The van der Waals surface area contributed by atoms with E-state index in [9.17, 15) is 9.59 Å². The molecule has 1 fully saturated rings. The lowest BCUT2D eigenvalue weighted by molar-refractivity contribution is -0.136. The Labute approximate surface area is 153 Å². The van der Waals surface area contributed by atoms with Crippen LogP contribution in [0.15, 0.2) is 24.3 Å². The summed E-state index contributed by atoms with van der Waals surface area (Å²) in [4.78, 5) is 24.3. The van der Waals surface area contributed by atoms with Gasteiger partial charge in [-0.3, -0.25) is 14.9 Å². The summed E-state index contributed by atoms with van der Waals surface area (Å²) in [6.07, 6.45) is 4.37. The molecule has 0 aromatic heterocycles. The fraction of sp³-hybridized carbons (Fsp3) is 0.556. The molecule has 0 aliphatic carbocycles. The minimum atomic E-state index is -1.17. The summed E-state index contributed by atoms with van der Waals surface area (Å²) < 4.78 is 5.38. The molecule has 1 saturated heterocycles. The number of amides is 2. The Kier molecular flexibility index (Phi) is 7.23. The number of carbonyl (C=O) groups is 2. The van der Waals surface area contributed by atoms with Crippen LogP contribution in [-0.2, 0) is 14.3 Å². The van der Waals surface area contributed by atoms with E-state index in [0.29, 0.717) is 11.6 Å². The van der Waals surface area contributed by atoms with Crippen LogP contribution in [0.3, 0.4) is 0 Å². The van der Waals surface area contributed by atoms with Gasteiger partial charge in [-0.05, 0) is 18.1 Å². The van der Waals surface area contributed by atoms with Crippen molar-refractivity contribution in [2.75, 3.05) is 20.2 Å². The van der Waals surface area contributed by atoms with Gasteiger partial charge in [-0.1, -0.05) is 56.0 Å². The van der Waals surface area contributed by atoms with E-state index < -0.39 is 5.72 Å². The Morgan fingerprint density at radius 3 is 2.68 bits per heavy atom. The predicted molar refractivity (Wildman–Crippen MR) is 97.2 cm³/mol. The number of nitrogens with one attached hydrogen (secondary N) is 3. The van der Waals surface area contributed by atoms with E-state index in [4.69, 9.17) is 16.3 Å². The minimum Gasteiger partial charge on any atom is -0.355 e. The van der Waals surface area contributed by atoms with Crippen LogP contribution >= 0.6 is 11.6 Å². The van der Waals surface area contributed by atoms with Gasteiger partial charge >= 0.3 is 0 Å². The second kappa shape index (κ2) is 9.17. The molecule has 1 aliphatic rings. The topological polar surface area (TPSA) is 89.4 Å². The van der Waals surface area contributed by atoms with Crippen LogP contribution in [0.1, 0.15) is 44.2 Å². The monoisotopic (exact) mass is 367 g/mol. The molecule has 25 heavy (non-hydrogen) atoms. The molecule has 2 rings (SSSR count). The summed E-state index contributed by atoms with van der Waals surface area (Å²) in [6, 6.07) is 6.96. The molecule has 0 bridgehead atoms. The zero-order chi connectivity index (χ0) is 18.3. The lowest BCUT2D eigenvalue weighted by Gasteiger charge is -2.14. The number of methoxy groups -OCH3 is 1. The average molecular weight is 368 g/mol. The summed E-state index contributed by atoms with van der Waals surface area (Å²) in [5.74, 6) is -0.577. The molecule has 2 amide bonds. The van der Waals surface area contributed by atoms with Gasteiger partial charge in [0.1, 0.15) is 0 Å². The van der Waals surface area contributed by atoms with Crippen LogP contribution in [0.5, 0.6) is 0 Å². The summed E-state index contributed by atoms with van der Waals surface area (Å²) >= 11 is 6.18. The van der Waals surface area contributed by atoms with Gasteiger partial charge in [-0.25, -0.2) is 0 Å². The highest BCUT2D eigenvalue weighted by molar-refractivity contribution is 6.31. The molecular formula is C18H26ClN3O3. The van der Waals surface area contributed by atoms with E-state index in [2.05, 4.69) is 22.9 Å². The molecule has 1 aromatic carbocycles. The van der Waals surface area contributed by atoms with Crippen LogP contribution in [0.4, 0.5) is 0 Å². The van der Waals surface area contributed by atoms with Crippen molar-refractivity contribution in [3.8, 4) is 0 Å². The van der Waals surface area contributed by atoms with Gasteiger partial charge in [-0.15, -0.1) is 0 Å². The number of carbonyl (C=O) groups excluding carboxylic acids is 2. The fourth-order valence-electron chi connectivity index (χ4n) is 2.78. The number of hydrogen-bond acceptors (Lipinski definition) is 4. The fourth-order valence-corrected chi connectivity index (χ4v) is 3.02. The third kappa shape index (κ3) is 4.93. The SMILES string of the molecule is CCCCCCNC(=O)CNC(=O)[C@@]1(OC)N[C@H]1c1ccccc1Cl. The number of unbranched alkanes of at least 4 members (excludes halogenated alkanes) is 3. The smallest absolute Gasteiger partial charge is 0.270 e. The molecule has 0 unspecified atom stereocenters. The highest BCUT2D eigenvalue weighted by Crippen LogP contribution is 2.43. The van der Waals surface area contributed by atoms with Gasteiger partial charge < -0.3 is 15.4 Å². The highest BCUT2D eigenvalue weighted by Gasteiger charge is 2.62. The lowest BCUT2D eigenvalue weighted by atomic mass is 10.1. The van der Waals surface area contributed by atoms with E-state index in [1.165, 1.54) is 7.11 Å². The van der Waals surface area contributed by atoms with Crippen LogP contribution in [0, 0.1) is 0 Å². The summed E-state index contributed by atoms with van der Waals surface area (Å²) in [6.45, 7) is 2.70. The molecular weight excluding hydrogens is 342 g/mol. The van der Waals surface area contributed by atoms with E-state index >= 15 is 0 Å². The van der Waals surface area contributed by atoms with Crippen molar-refractivity contribution in [1.82, 2.24) is 16.0 Å². The Balaban J connectivity index is 1.80. The second-order valence-corrected chi connectivity index (χ2v) is 6.54. The van der Waals surface area contributed by atoms with Crippen LogP contribution in [-0.4, -0.2) is 37.7 Å². The molecule has 1 heterocycles. The van der Waals surface area contributed by atoms with E-state index in [1.54, 1.807) is 6.07 Å². The van der Waals surface area contributed by atoms with Gasteiger partial charge in [0.25, 0.3) is 5.91 Å². The first-order valence-corrected chi connectivity index (χ1v) is 9.05. The maximum absolute atomic E-state index is 12.5. The molecule has 0 spiro atoms. The number of ether oxygens (including phenoxy) is 1. The quantitative estimate of drug-likeness (QED) is 0.436. The summed E-state index contributed by atoms with van der Waals surface area (Å²) in [5, 5.41) is 9.02. The Morgan fingerprint density at radius 1 is 1.24 bits per heavy atom. The van der Waals surface area contributed by atoms with Crippen molar-refractivity contribution in [3.05, 3.63) is 34.9 Å². The van der Waals surface area contributed by atoms with E-state index in [0.717, 1.165) is 31.2 Å². The molecule has 138 valence electrons. The first kappa shape index (κ1) is 19.7. The third-order valence-electron chi connectivity index (χ3n) is 4.32. The van der Waals surface area contributed by atoms with Crippen LogP contribution < -0.4 is 16.0 Å². The Hall–Kier alpha value is -1.63. The van der Waals surface area contributed by atoms with Gasteiger partial charge in [0, 0.05) is 18.7 Å². The Bertz CT molecular complexity index is 611. The average Bonchev–Trinajstić information content (AvgIpc) is 3.35. The van der Waals surface area contributed by atoms with Crippen molar-refractivity contribution in [2.24, 2.45) is 0 Å². The molecule has 6 nitrogen and oxygen atoms in total. The number of halogens is 1. The number of hydrogen-bond donors (Lipinski definition) is 3. The molecule has 1 aliphatic heterocycles. The van der Waals surface area contributed by atoms with E-state index in [-0.39, 0.29) is 24.4 Å². The van der Waals surface area contributed by atoms with Gasteiger partial charge in [-0.2, -0.15) is 0 Å². The molecule has 7 heteroatoms. The number of rotatable bonds is 10. The zero-order valence-corrected chi connectivity index (χ0v) is 15.5. The molecule has 3 N–H and O–H groups in total. The zero-order valence-electron chi connectivity index (χ0n) is 14.7. The van der Waals surface area contributed by atoms with Gasteiger partial charge in [0.15, 0.2) is 0 Å². The van der Waals surface area contributed by atoms with Gasteiger partial charge in [0.05, 0.1) is 12.6 Å². The first-order chi connectivity index (χ1) is 12.0. The minimum absolute atomic E-state index is 0.0748. The van der Waals surface area contributed by atoms with Crippen molar-refractivity contribution < 1.29 is 14.3 Å². The Morgan fingerprint density at radius 2 is 2.00 bits per heavy atom. The van der Waals surface area contributed by atoms with Gasteiger partial charge in [0.2, 0.25) is 11.6 Å².